The van der Waals surface area contributed by atoms with Gasteiger partial charge in [-0.3, -0.25) is 0 Å². The molecule has 3 rings (SSSR count). The molecule has 4 nitrogen and oxygen atoms in total. The number of benzene rings is 2. The summed E-state index contributed by atoms with van der Waals surface area (Å²) in [5.41, 5.74) is 7.44. The fourth-order valence-electron chi connectivity index (χ4n) is 2.30. The molecule has 1 heterocycles. The van der Waals surface area contributed by atoms with Gasteiger partial charge in [-0.25, -0.2) is 23.1 Å². The van der Waals surface area contributed by atoms with Crippen LogP contribution in [0.5, 0.6) is 0 Å². The summed E-state index contributed by atoms with van der Waals surface area (Å²) < 4.78 is 36.3. The van der Waals surface area contributed by atoms with Gasteiger partial charge < -0.3 is 5.73 Å². The molecular formula is C19H13Cl2F3N4. The van der Waals surface area contributed by atoms with Gasteiger partial charge in [0.1, 0.15) is 23.5 Å². The number of alkyl halides is 2. The van der Waals surface area contributed by atoms with Crippen LogP contribution in [0.3, 0.4) is 0 Å². The molecule has 9 heteroatoms. The predicted octanol–water partition coefficient (Wildman–Crippen LogP) is 6.05. The molecule has 0 fully saturated rings. The Balaban J connectivity index is 0.000000300. The van der Waals surface area contributed by atoms with Crippen LogP contribution in [0, 0.1) is 17.1 Å². The van der Waals surface area contributed by atoms with E-state index >= 15 is 0 Å². The molecule has 0 atom stereocenters. The van der Waals surface area contributed by atoms with Crippen molar-refractivity contribution in [3.05, 3.63) is 64.7 Å². The van der Waals surface area contributed by atoms with E-state index in [1.165, 1.54) is 18.5 Å². The van der Waals surface area contributed by atoms with Crippen LogP contribution in [0.4, 0.5) is 19.0 Å². The molecule has 28 heavy (non-hydrogen) atoms. The second kappa shape index (κ2) is 9.40. The number of fused-ring (bicyclic) bond motifs is 1. The van der Waals surface area contributed by atoms with Gasteiger partial charge in [-0.2, -0.15) is 5.26 Å². The maximum absolute atomic E-state index is 13.8. The lowest BCUT2D eigenvalue weighted by atomic mass is 10.0. The van der Waals surface area contributed by atoms with E-state index in [1.54, 1.807) is 24.3 Å². The van der Waals surface area contributed by atoms with Gasteiger partial charge in [-0.1, -0.05) is 41.9 Å². The van der Waals surface area contributed by atoms with E-state index in [2.05, 4.69) is 16.5 Å². The van der Waals surface area contributed by atoms with Crippen molar-refractivity contribution in [1.82, 2.24) is 9.97 Å². The van der Waals surface area contributed by atoms with Gasteiger partial charge in [0.05, 0.1) is 21.5 Å². The molecule has 0 aliphatic heterocycles. The standard InChI is InChI=1S/C14H8Cl2FN3.C5H5F2N/c15-9-3-1-7(5-10(9)16)8-2-4-11(17)13-12(8)14(18)20-6-19-13;1-4(3-8)2-5(6)7/h1-6H,(H2,18,19,20);5H,1-2H2. The highest BCUT2D eigenvalue weighted by atomic mass is 35.5. The van der Waals surface area contributed by atoms with E-state index in [0.29, 0.717) is 21.0 Å². The predicted molar refractivity (Wildman–Crippen MR) is 105 cm³/mol. The molecule has 0 spiro atoms. The Morgan fingerprint density at radius 3 is 2.46 bits per heavy atom. The first-order chi connectivity index (χ1) is 13.2. The minimum atomic E-state index is -2.44. The van der Waals surface area contributed by atoms with Crippen molar-refractivity contribution in [1.29, 1.82) is 5.26 Å². The highest BCUT2D eigenvalue weighted by Gasteiger charge is 2.13. The monoisotopic (exact) mass is 424 g/mol. The Morgan fingerprint density at radius 2 is 1.89 bits per heavy atom. The van der Waals surface area contributed by atoms with Gasteiger partial charge in [0.2, 0.25) is 6.43 Å². The molecule has 0 bridgehead atoms. The summed E-state index contributed by atoms with van der Waals surface area (Å²) in [4.78, 5) is 7.86. The van der Waals surface area contributed by atoms with E-state index in [-0.39, 0.29) is 16.9 Å². The summed E-state index contributed by atoms with van der Waals surface area (Å²) in [6.45, 7) is 3.07. The molecule has 144 valence electrons. The van der Waals surface area contributed by atoms with Crippen molar-refractivity contribution >= 4 is 39.9 Å². The normalized spacial score (nSPS) is 10.3. The first kappa shape index (κ1) is 21.5. The third kappa shape index (κ3) is 5.12. The van der Waals surface area contributed by atoms with Gasteiger partial charge in [-0.15, -0.1) is 0 Å². The SMILES string of the molecule is C=C(C#N)CC(F)F.Nc1ncnc2c(F)ccc(-c3ccc(Cl)c(Cl)c3)c12. The van der Waals surface area contributed by atoms with Gasteiger partial charge in [0.15, 0.2) is 0 Å². The summed E-state index contributed by atoms with van der Waals surface area (Å²) in [6, 6.07) is 9.64. The summed E-state index contributed by atoms with van der Waals surface area (Å²) in [5.74, 6) is -0.228. The topological polar surface area (TPSA) is 75.6 Å². The smallest absolute Gasteiger partial charge is 0.243 e. The van der Waals surface area contributed by atoms with Gasteiger partial charge >= 0.3 is 0 Å². The number of nitrogen functional groups attached to an aromatic ring is 1. The zero-order valence-corrected chi connectivity index (χ0v) is 15.8. The van der Waals surface area contributed by atoms with E-state index in [4.69, 9.17) is 34.2 Å². The molecule has 3 aromatic rings. The molecule has 2 N–H and O–H groups in total. The lowest BCUT2D eigenvalue weighted by Gasteiger charge is -2.09. The molecule has 1 aromatic heterocycles. The number of nitrogens with zero attached hydrogens (tertiary/aromatic N) is 3. The first-order valence-electron chi connectivity index (χ1n) is 7.74. The maximum atomic E-state index is 13.8. The number of halogens is 5. The van der Waals surface area contributed by atoms with Crippen LogP contribution in [0.25, 0.3) is 22.0 Å². The first-order valence-corrected chi connectivity index (χ1v) is 8.50. The fraction of sp³-hybridized carbons (Fsp3) is 0.105. The molecule has 0 amide bonds. The Morgan fingerprint density at radius 1 is 1.18 bits per heavy atom. The Labute approximate surface area is 169 Å². The summed E-state index contributed by atoms with van der Waals surface area (Å²) in [6.07, 6.45) is -1.71. The van der Waals surface area contributed by atoms with E-state index < -0.39 is 18.7 Å². The van der Waals surface area contributed by atoms with Crippen LogP contribution < -0.4 is 5.73 Å². The molecule has 0 saturated heterocycles. The van der Waals surface area contributed by atoms with Crippen LogP contribution >= 0.6 is 23.2 Å². The summed E-state index contributed by atoms with van der Waals surface area (Å²) in [7, 11) is 0. The van der Waals surface area contributed by atoms with Gasteiger partial charge in [-0.05, 0) is 29.3 Å². The minimum absolute atomic E-state index is 0.0694. The number of anilines is 1. The van der Waals surface area contributed by atoms with Gasteiger partial charge in [0.25, 0.3) is 0 Å². The lowest BCUT2D eigenvalue weighted by Crippen LogP contribution is -1.97. The number of hydrogen-bond donors (Lipinski definition) is 1. The molecule has 2 aromatic carbocycles. The van der Waals surface area contributed by atoms with Crippen LogP contribution in [-0.4, -0.2) is 16.4 Å². The number of nitrogens with two attached hydrogens (primary N) is 1. The number of allylic oxidation sites excluding steroid dienone is 1. The van der Waals surface area contributed by atoms with Crippen LogP contribution in [0.2, 0.25) is 10.0 Å². The Hall–Kier alpha value is -2.82. The number of rotatable bonds is 3. The van der Waals surface area contributed by atoms with Crippen LogP contribution in [0.15, 0.2) is 48.8 Å². The van der Waals surface area contributed by atoms with Gasteiger partial charge in [0, 0.05) is 12.0 Å². The van der Waals surface area contributed by atoms with Crippen molar-refractivity contribution in [2.75, 3.05) is 5.73 Å². The van der Waals surface area contributed by atoms with Crippen LogP contribution in [-0.2, 0) is 0 Å². The third-order valence-corrected chi connectivity index (χ3v) is 4.30. The van der Waals surface area contributed by atoms with Crippen molar-refractivity contribution < 1.29 is 13.2 Å². The summed E-state index contributed by atoms with van der Waals surface area (Å²) in [5, 5.41) is 9.23. The Kier molecular flexibility index (Phi) is 7.21. The largest absolute Gasteiger partial charge is 0.383 e. The quantitative estimate of drug-likeness (QED) is 0.519. The third-order valence-electron chi connectivity index (χ3n) is 3.56. The van der Waals surface area contributed by atoms with Crippen molar-refractivity contribution in [2.24, 2.45) is 0 Å². The number of aromatic nitrogens is 2. The highest BCUT2D eigenvalue weighted by Crippen LogP contribution is 2.35. The molecule has 0 aliphatic rings. The van der Waals surface area contributed by atoms with E-state index in [0.717, 1.165) is 5.56 Å². The molecule has 0 unspecified atom stereocenters. The summed E-state index contributed by atoms with van der Waals surface area (Å²) >= 11 is 11.9. The minimum Gasteiger partial charge on any atom is -0.383 e. The average Bonchev–Trinajstić information content (AvgIpc) is 2.65. The van der Waals surface area contributed by atoms with Crippen molar-refractivity contribution in [3.63, 3.8) is 0 Å². The van der Waals surface area contributed by atoms with E-state index in [1.807, 2.05) is 0 Å². The number of hydrogen-bond acceptors (Lipinski definition) is 4. The second-order valence-electron chi connectivity index (χ2n) is 5.52. The zero-order chi connectivity index (χ0) is 20.8. The lowest BCUT2D eigenvalue weighted by molar-refractivity contribution is 0.150. The molecule has 0 radical (unpaired) electrons. The fourth-order valence-corrected chi connectivity index (χ4v) is 2.60. The van der Waals surface area contributed by atoms with Crippen molar-refractivity contribution in [2.45, 2.75) is 12.8 Å². The zero-order valence-electron chi connectivity index (χ0n) is 14.3. The van der Waals surface area contributed by atoms with E-state index in [9.17, 15) is 13.2 Å². The second-order valence-corrected chi connectivity index (χ2v) is 6.33. The van der Waals surface area contributed by atoms with Crippen LogP contribution in [0.1, 0.15) is 6.42 Å². The molecule has 0 aliphatic carbocycles. The Bertz CT molecular complexity index is 1060. The molecular weight excluding hydrogens is 412 g/mol. The number of nitriles is 1. The van der Waals surface area contributed by atoms with Crippen molar-refractivity contribution in [3.8, 4) is 17.2 Å². The average molecular weight is 425 g/mol. The maximum Gasteiger partial charge on any atom is 0.243 e. The molecule has 0 saturated carbocycles. The highest BCUT2D eigenvalue weighted by molar-refractivity contribution is 6.42.